The van der Waals surface area contributed by atoms with Gasteiger partial charge in [0.05, 0.1) is 24.7 Å². The summed E-state index contributed by atoms with van der Waals surface area (Å²) in [6.07, 6.45) is 0. The Morgan fingerprint density at radius 1 is 1.29 bits per heavy atom. The van der Waals surface area contributed by atoms with Crippen molar-refractivity contribution in [1.29, 1.82) is 0 Å². The van der Waals surface area contributed by atoms with E-state index in [9.17, 15) is 24.8 Å². The molecule has 1 atom stereocenters. The second kappa shape index (κ2) is 9.33. The number of ketones is 1. The van der Waals surface area contributed by atoms with Crippen molar-refractivity contribution in [3.8, 4) is 5.75 Å². The first-order valence-electron chi connectivity index (χ1n) is 8.10. The van der Waals surface area contributed by atoms with Gasteiger partial charge in [-0.1, -0.05) is 18.2 Å². The highest BCUT2D eigenvalue weighted by Crippen LogP contribution is 2.31. The number of non-ortho nitro benzene ring substituents is 1. The molecule has 1 amide bonds. The van der Waals surface area contributed by atoms with Crippen LogP contribution in [0, 0.1) is 10.1 Å². The average molecular weight is 386 g/mol. The molecule has 0 fully saturated rings. The lowest BCUT2D eigenvalue weighted by atomic mass is 10.1. The molecular weight excluding hydrogens is 368 g/mol. The van der Waals surface area contributed by atoms with Crippen LogP contribution in [0.5, 0.6) is 5.75 Å². The fourth-order valence-corrected chi connectivity index (χ4v) is 2.28. The Morgan fingerprint density at radius 2 is 2.00 bits per heavy atom. The Hall–Kier alpha value is -3.66. The number of Topliss-reactive ketones (excluding diaryl/α,β-unsaturated/α-hetero) is 1. The van der Waals surface area contributed by atoms with Crippen molar-refractivity contribution >= 4 is 28.8 Å². The van der Waals surface area contributed by atoms with Gasteiger partial charge in [0.1, 0.15) is 5.69 Å². The average Bonchev–Trinajstić information content (AvgIpc) is 2.68. The van der Waals surface area contributed by atoms with Crippen molar-refractivity contribution < 1.29 is 24.4 Å². The van der Waals surface area contributed by atoms with E-state index in [1.54, 1.807) is 24.3 Å². The number of nitro benzene ring substituents is 1. The molecule has 10 heteroatoms. The van der Waals surface area contributed by atoms with Crippen molar-refractivity contribution in [3.63, 3.8) is 0 Å². The van der Waals surface area contributed by atoms with Crippen molar-refractivity contribution in [1.82, 2.24) is 0 Å². The summed E-state index contributed by atoms with van der Waals surface area (Å²) in [6.45, 7) is 0.900. The molecule has 2 N–H and O–H groups in total. The molecule has 0 heterocycles. The fraction of sp³-hybridized carbons (Fsp3) is 0.222. The first-order valence-corrected chi connectivity index (χ1v) is 8.10. The number of ether oxygens (including phenoxy) is 1. The van der Waals surface area contributed by atoms with Crippen LogP contribution in [-0.2, 0) is 16.2 Å². The SMILES string of the molecule is COc1cc([N+](=O)[O-])ccc1/N=N/C(C(C)=O)C(=O)Nc1ccccc1CO. The summed E-state index contributed by atoms with van der Waals surface area (Å²) in [5.41, 5.74) is 0.761. The third kappa shape index (κ3) is 4.95. The predicted molar refractivity (Wildman–Crippen MR) is 99.6 cm³/mol. The molecule has 1 unspecified atom stereocenters. The van der Waals surface area contributed by atoms with E-state index in [0.717, 1.165) is 6.07 Å². The Balaban J connectivity index is 2.26. The van der Waals surface area contributed by atoms with Crippen molar-refractivity contribution in [2.45, 2.75) is 19.6 Å². The van der Waals surface area contributed by atoms with Gasteiger partial charge < -0.3 is 15.2 Å². The lowest BCUT2D eigenvalue weighted by Gasteiger charge is -2.12. The van der Waals surface area contributed by atoms with Gasteiger partial charge in [0.2, 0.25) is 6.04 Å². The van der Waals surface area contributed by atoms with Gasteiger partial charge in [-0.3, -0.25) is 19.7 Å². The molecule has 146 valence electrons. The number of hydrogen-bond acceptors (Lipinski definition) is 8. The number of aliphatic hydroxyl groups is 1. The molecule has 28 heavy (non-hydrogen) atoms. The number of carbonyl (C=O) groups excluding carboxylic acids is 2. The fourth-order valence-electron chi connectivity index (χ4n) is 2.28. The summed E-state index contributed by atoms with van der Waals surface area (Å²) in [7, 11) is 1.30. The van der Waals surface area contributed by atoms with Crippen molar-refractivity contribution in [2.75, 3.05) is 12.4 Å². The zero-order valence-corrected chi connectivity index (χ0v) is 15.2. The van der Waals surface area contributed by atoms with E-state index < -0.39 is 22.7 Å². The molecule has 0 radical (unpaired) electrons. The van der Waals surface area contributed by atoms with Gasteiger partial charge in [-0.15, -0.1) is 0 Å². The Labute approximate surface area is 160 Å². The zero-order valence-electron chi connectivity index (χ0n) is 15.2. The minimum atomic E-state index is -1.44. The van der Waals surface area contributed by atoms with Gasteiger partial charge in [0.25, 0.3) is 11.6 Å². The molecule has 0 aliphatic carbocycles. The number of aliphatic hydroxyl groups excluding tert-OH is 1. The molecule has 0 saturated heterocycles. The number of nitrogens with one attached hydrogen (secondary N) is 1. The monoisotopic (exact) mass is 386 g/mol. The second-order valence-electron chi connectivity index (χ2n) is 5.65. The van der Waals surface area contributed by atoms with Gasteiger partial charge >= 0.3 is 0 Å². The van der Waals surface area contributed by atoms with Gasteiger partial charge in [0.15, 0.2) is 11.5 Å². The van der Waals surface area contributed by atoms with E-state index >= 15 is 0 Å². The zero-order chi connectivity index (χ0) is 20.7. The number of carbonyl (C=O) groups is 2. The van der Waals surface area contributed by atoms with Crippen LogP contribution < -0.4 is 10.1 Å². The number of methoxy groups -OCH3 is 1. The van der Waals surface area contributed by atoms with Crippen molar-refractivity contribution in [2.24, 2.45) is 10.2 Å². The largest absolute Gasteiger partial charge is 0.494 e. The number of nitro groups is 1. The lowest BCUT2D eigenvalue weighted by Crippen LogP contribution is -2.32. The number of amides is 1. The number of nitrogens with zero attached hydrogens (tertiary/aromatic N) is 3. The van der Waals surface area contributed by atoms with Crippen LogP contribution in [0.1, 0.15) is 12.5 Å². The van der Waals surface area contributed by atoms with Crippen LogP contribution in [0.25, 0.3) is 0 Å². The molecule has 0 aliphatic heterocycles. The van der Waals surface area contributed by atoms with E-state index in [1.807, 2.05) is 0 Å². The van der Waals surface area contributed by atoms with Crippen LogP contribution in [0.15, 0.2) is 52.7 Å². The van der Waals surface area contributed by atoms with Gasteiger partial charge in [-0.05, 0) is 19.1 Å². The number of para-hydroxylation sites is 1. The smallest absolute Gasteiger partial charge is 0.273 e. The molecule has 0 spiro atoms. The molecule has 10 nitrogen and oxygen atoms in total. The summed E-state index contributed by atoms with van der Waals surface area (Å²) in [5, 5.41) is 30.3. The molecule has 0 aromatic heterocycles. The summed E-state index contributed by atoms with van der Waals surface area (Å²) < 4.78 is 5.04. The third-order valence-corrected chi connectivity index (χ3v) is 3.73. The maximum Gasteiger partial charge on any atom is 0.273 e. The Kier molecular flexibility index (Phi) is 6.88. The van der Waals surface area contributed by atoms with E-state index in [1.165, 1.54) is 26.2 Å². The number of rotatable bonds is 8. The molecule has 2 aromatic rings. The molecule has 0 bridgehead atoms. The maximum atomic E-state index is 12.5. The molecule has 2 rings (SSSR count). The van der Waals surface area contributed by atoms with E-state index in [4.69, 9.17) is 4.74 Å². The van der Waals surface area contributed by atoms with Crippen molar-refractivity contribution in [3.05, 3.63) is 58.1 Å². The van der Waals surface area contributed by atoms with E-state index in [-0.39, 0.29) is 23.7 Å². The minimum Gasteiger partial charge on any atom is -0.494 e. The molecular formula is C18H18N4O6. The minimum absolute atomic E-state index is 0.0753. The van der Waals surface area contributed by atoms with Crippen LogP contribution in [-0.4, -0.2) is 34.9 Å². The molecule has 0 saturated carbocycles. The van der Waals surface area contributed by atoms with Crippen LogP contribution in [0.2, 0.25) is 0 Å². The second-order valence-corrected chi connectivity index (χ2v) is 5.65. The predicted octanol–water partition coefficient (Wildman–Crippen LogP) is 2.78. The van der Waals surface area contributed by atoms with Crippen LogP contribution >= 0.6 is 0 Å². The number of azo groups is 1. The standard InChI is InChI=1S/C18H18N4O6/c1-11(24)17(18(25)19-14-6-4-3-5-12(14)10-23)21-20-15-8-7-13(22(26)27)9-16(15)28-2/h3-9,17,23H,10H2,1-2H3,(H,19,25)/b21-20+. The highest BCUT2D eigenvalue weighted by molar-refractivity contribution is 6.10. The van der Waals surface area contributed by atoms with Gasteiger partial charge in [0, 0.05) is 17.3 Å². The van der Waals surface area contributed by atoms with Gasteiger partial charge in [-0.2, -0.15) is 10.2 Å². The van der Waals surface area contributed by atoms with E-state index in [2.05, 4.69) is 15.5 Å². The van der Waals surface area contributed by atoms with Gasteiger partial charge in [-0.25, -0.2) is 0 Å². The summed E-state index contributed by atoms with van der Waals surface area (Å²) in [5.74, 6) is -1.20. The molecule has 2 aromatic carbocycles. The summed E-state index contributed by atoms with van der Waals surface area (Å²) in [6, 6.07) is 8.80. The maximum absolute atomic E-state index is 12.5. The first-order chi connectivity index (χ1) is 13.4. The normalized spacial score (nSPS) is 11.8. The van der Waals surface area contributed by atoms with E-state index in [0.29, 0.717) is 11.3 Å². The number of anilines is 1. The Bertz CT molecular complexity index is 928. The quantitative estimate of drug-likeness (QED) is 0.309. The highest BCUT2D eigenvalue weighted by atomic mass is 16.6. The topological polar surface area (TPSA) is 143 Å². The van der Waals surface area contributed by atoms with Crippen LogP contribution in [0.4, 0.5) is 17.1 Å². The third-order valence-electron chi connectivity index (χ3n) is 3.73. The lowest BCUT2D eigenvalue weighted by molar-refractivity contribution is -0.384. The number of benzene rings is 2. The first kappa shape index (κ1) is 20.6. The highest BCUT2D eigenvalue weighted by Gasteiger charge is 2.24. The number of hydrogen-bond donors (Lipinski definition) is 2. The summed E-state index contributed by atoms with van der Waals surface area (Å²) in [4.78, 5) is 34.6. The summed E-state index contributed by atoms with van der Waals surface area (Å²) >= 11 is 0. The Morgan fingerprint density at radius 3 is 2.61 bits per heavy atom. The van der Waals surface area contributed by atoms with Crippen LogP contribution in [0.3, 0.4) is 0 Å². The molecule has 0 aliphatic rings.